The van der Waals surface area contributed by atoms with E-state index < -0.39 is 11.9 Å². The van der Waals surface area contributed by atoms with Crippen molar-refractivity contribution in [3.63, 3.8) is 0 Å². The van der Waals surface area contributed by atoms with Crippen molar-refractivity contribution in [1.82, 2.24) is 0 Å². The molecule has 6 nitrogen and oxygen atoms in total. The summed E-state index contributed by atoms with van der Waals surface area (Å²) in [5.74, 6) is -1.83. The molecule has 0 bridgehead atoms. The second kappa shape index (κ2) is 12.1. The Bertz CT molecular complexity index is 433. The third kappa shape index (κ3) is 7.42. The Kier molecular flexibility index (Phi) is 10.2. The van der Waals surface area contributed by atoms with Gasteiger partial charge in [-0.1, -0.05) is 71.1 Å². The average molecular weight is 386 g/mol. The lowest BCUT2D eigenvalue weighted by Crippen LogP contribution is -2.31. The summed E-state index contributed by atoms with van der Waals surface area (Å²) in [7, 11) is 0. The third-order valence-corrected chi connectivity index (χ3v) is 5.56. The molecular formula is C21H39NO5. The van der Waals surface area contributed by atoms with Gasteiger partial charge in [0.05, 0.1) is 19.3 Å². The fourth-order valence-corrected chi connectivity index (χ4v) is 3.66. The number of unbranched alkanes of at least 4 members (excludes halogenated alkanes) is 10. The van der Waals surface area contributed by atoms with Gasteiger partial charge in [-0.05, 0) is 19.3 Å². The van der Waals surface area contributed by atoms with Gasteiger partial charge in [-0.15, -0.1) is 0 Å². The fourth-order valence-electron chi connectivity index (χ4n) is 3.66. The van der Waals surface area contributed by atoms with E-state index in [1.165, 1.54) is 57.8 Å². The van der Waals surface area contributed by atoms with Crippen molar-refractivity contribution in [2.75, 3.05) is 13.2 Å². The molecular weight excluding hydrogens is 346 g/mol. The minimum atomic E-state index is -1.45. The van der Waals surface area contributed by atoms with Crippen LogP contribution in [0.4, 0.5) is 0 Å². The molecule has 4 atom stereocenters. The zero-order valence-corrected chi connectivity index (χ0v) is 17.0. The van der Waals surface area contributed by atoms with E-state index in [1.807, 2.05) is 0 Å². The molecule has 0 aromatic rings. The molecule has 1 saturated carbocycles. The standard InChI is InChI=1S/C21H39NO5/c1-2-3-4-5-6-7-8-9-10-11-12-15-25-21(19(23)20(21)24)26-16-17-13-14-18(22)27-17/h17-19,23H,2-16,22H2,1H3/t17-,18+,19?,21?/m0/s1. The Morgan fingerprint density at radius 1 is 1.00 bits per heavy atom. The first-order chi connectivity index (χ1) is 13.1. The maximum atomic E-state index is 11.8. The van der Waals surface area contributed by atoms with E-state index in [2.05, 4.69) is 6.92 Å². The van der Waals surface area contributed by atoms with Gasteiger partial charge in [0.2, 0.25) is 5.78 Å². The number of hydrogen-bond acceptors (Lipinski definition) is 6. The molecule has 6 heteroatoms. The lowest BCUT2D eigenvalue weighted by Gasteiger charge is -2.18. The molecule has 1 aliphatic carbocycles. The Hall–Kier alpha value is -0.530. The summed E-state index contributed by atoms with van der Waals surface area (Å²) in [6, 6.07) is 0. The van der Waals surface area contributed by atoms with E-state index in [1.54, 1.807) is 0 Å². The molecule has 1 aliphatic heterocycles. The number of ketones is 1. The van der Waals surface area contributed by atoms with Crippen LogP contribution in [0.3, 0.4) is 0 Å². The lowest BCUT2D eigenvalue weighted by atomic mass is 10.1. The van der Waals surface area contributed by atoms with Crippen molar-refractivity contribution in [3.05, 3.63) is 0 Å². The number of carbonyl (C=O) groups excluding carboxylic acids is 1. The van der Waals surface area contributed by atoms with Gasteiger partial charge in [0.25, 0.3) is 5.79 Å². The average Bonchev–Trinajstić information content (AvgIpc) is 2.96. The molecule has 0 aromatic carbocycles. The van der Waals surface area contributed by atoms with Gasteiger partial charge in [0, 0.05) is 0 Å². The first kappa shape index (κ1) is 22.8. The maximum Gasteiger partial charge on any atom is 0.266 e. The maximum absolute atomic E-state index is 11.8. The van der Waals surface area contributed by atoms with Crippen LogP contribution in [-0.2, 0) is 19.0 Å². The molecule has 0 spiro atoms. The number of Topliss-reactive ketones (excluding diaryl/α,β-unsaturated/α-hetero) is 1. The van der Waals surface area contributed by atoms with Crippen molar-refractivity contribution in [3.8, 4) is 0 Å². The number of carbonyl (C=O) groups is 1. The molecule has 3 N–H and O–H groups in total. The fraction of sp³-hybridized carbons (Fsp3) is 0.952. The Labute approximate surface area is 164 Å². The predicted octanol–water partition coefficient (Wildman–Crippen LogP) is 3.43. The van der Waals surface area contributed by atoms with Crippen molar-refractivity contribution < 1.29 is 24.1 Å². The summed E-state index contributed by atoms with van der Waals surface area (Å²) in [6.07, 6.45) is 13.9. The quantitative estimate of drug-likeness (QED) is 0.312. The number of ether oxygens (including phenoxy) is 3. The minimum Gasteiger partial charge on any atom is -0.379 e. The second-order valence-corrected chi connectivity index (χ2v) is 8.00. The van der Waals surface area contributed by atoms with Crippen molar-refractivity contribution >= 4 is 5.78 Å². The SMILES string of the molecule is CCCCCCCCCCCCCOC1(OC[C@@H]2CC[C@H](N)O2)C(=O)C1O. The van der Waals surface area contributed by atoms with Crippen LogP contribution in [-0.4, -0.2) is 48.3 Å². The van der Waals surface area contributed by atoms with Crippen LogP contribution in [0.15, 0.2) is 0 Å². The molecule has 1 saturated heterocycles. The molecule has 1 heterocycles. The van der Waals surface area contributed by atoms with E-state index >= 15 is 0 Å². The molecule has 27 heavy (non-hydrogen) atoms. The van der Waals surface area contributed by atoms with E-state index in [0.29, 0.717) is 6.61 Å². The minimum absolute atomic E-state index is 0.122. The lowest BCUT2D eigenvalue weighted by molar-refractivity contribution is -0.200. The first-order valence-electron chi connectivity index (χ1n) is 11.0. The van der Waals surface area contributed by atoms with Crippen molar-refractivity contribution in [1.29, 1.82) is 0 Å². The second-order valence-electron chi connectivity index (χ2n) is 8.00. The van der Waals surface area contributed by atoms with E-state index in [9.17, 15) is 9.90 Å². The molecule has 158 valence electrons. The summed E-state index contributed by atoms with van der Waals surface area (Å²) >= 11 is 0. The molecule has 2 aliphatic rings. The molecule has 0 aromatic heterocycles. The van der Waals surface area contributed by atoms with Crippen molar-refractivity contribution in [2.45, 2.75) is 115 Å². The topological polar surface area (TPSA) is 91.0 Å². The zero-order valence-electron chi connectivity index (χ0n) is 17.0. The highest BCUT2D eigenvalue weighted by atomic mass is 16.7. The van der Waals surface area contributed by atoms with Gasteiger partial charge in [-0.2, -0.15) is 0 Å². The Balaban J connectivity index is 1.46. The molecule has 2 fully saturated rings. The van der Waals surface area contributed by atoms with Gasteiger partial charge in [0.1, 0.15) is 6.23 Å². The van der Waals surface area contributed by atoms with Crippen LogP contribution >= 0.6 is 0 Å². The number of aliphatic hydroxyl groups is 1. The molecule has 0 radical (unpaired) electrons. The highest BCUT2D eigenvalue weighted by Crippen LogP contribution is 2.38. The highest BCUT2D eigenvalue weighted by molar-refractivity contribution is 6.08. The molecule has 2 rings (SSSR count). The number of aliphatic hydroxyl groups excluding tert-OH is 1. The van der Waals surface area contributed by atoms with Gasteiger partial charge in [-0.25, -0.2) is 0 Å². The van der Waals surface area contributed by atoms with E-state index in [-0.39, 0.29) is 24.7 Å². The monoisotopic (exact) mass is 385 g/mol. The van der Waals surface area contributed by atoms with E-state index in [4.69, 9.17) is 19.9 Å². The summed E-state index contributed by atoms with van der Waals surface area (Å²) in [6.45, 7) is 2.91. The number of rotatable bonds is 16. The van der Waals surface area contributed by atoms with Gasteiger partial charge >= 0.3 is 0 Å². The van der Waals surface area contributed by atoms with Gasteiger partial charge < -0.3 is 25.1 Å². The molecule has 2 unspecified atom stereocenters. The summed E-state index contributed by atoms with van der Waals surface area (Å²) in [5.41, 5.74) is 5.69. The summed E-state index contributed by atoms with van der Waals surface area (Å²) in [4.78, 5) is 11.8. The first-order valence-corrected chi connectivity index (χ1v) is 11.0. The Morgan fingerprint density at radius 3 is 2.04 bits per heavy atom. The van der Waals surface area contributed by atoms with Crippen LogP contribution in [0.2, 0.25) is 0 Å². The zero-order chi connectivity index (χ0) is 19.5. The van der Waals surface area contributed by atoms with Crippen LogP contribution in [0.25, 0.3) is 0 Å². The van der Waals surface area contributed by atoms with Crippen LogP contribution in [0.5, 0.6) is 0 Å². The summed E-state index contributed by atoms with van der Waals surface area (Å²) < 4.78 is 16.7. The smallest absolute Gasteiger partial charge is 0.266 e. The molecule has 0 amide bonds. The predicted molar refractivity (Wildman–Crippen MR) is 104 cm³/mol. The van der Waals surface area contributed by atoms with Crippen molar-refractivity contribution in [2.24, 2.45) is 5.73 Å². The van der Waals surface area contributed by atoms with Gasteiger partial charge in [-0.3, -0.25) is 4.79 Å². The Morgan fingerprint density at radius 2 is 1.56 bits per heavy atom. The number of nitrogens with two attached hydrogens (primary N) is 1. The number of hydrogen-bond donors (Lipinski definition) is 2. The highest BCUT2D eigenvalue weighted by Gasteiger charge is 2.69. The normalized spacial score (nSPS) is 30.2. The van der Waals surface area contributed by atoms with Crippen LogP contribution in [0, 0.1) is 0 Å². The van der Waals surface area contributed by atoms with Crippen LogP contribution in [0.1, 0.15) is 90.4 Å². The van der Waals surface area contributed by atoms with E-state index in [0.717, 1.165) is 25.7 Å². The summed E-state index contributed by atoms with van der Waals surface area (Å²) in [5, 5.41) is 9.78. The third-order valence-electron chi connectivity index (χ3n) is 5.56. The van der Waals surface area contributed by atoms with Crippen LogP contribution < -0.4 is 5.73 Å². The van der Waals surface area contributed by atoms with Gasteiger partial charge in [0.15, 0.2) is 6.10 Å². The largest absolute Gasteiger partial charge is 0.379 e.